The molecule has 1 aliphatic rings. The van der Waals surface area contributed by atoms with Gasteiger partial charge >= 0.3 is 0 Å². The minimum atomic E-state index is 0.0181. The van der Waals surface area contributed by atoms with E-state index in [1.165, 1.54) is 5.56 Å². The number of nitrogens with zero attached hydrogens (tertiary/aromatic N) is 2. The van der Waals surface area contributed by atoms with E-state index in [4.69, 9.17) is 10.5 Å². The smallest absolute Gasteiger partial charge is 0.112 e. The van der Waals surface area contributed by atoms with Gasteiger partial charge in [-0.25, -0.2) is 0 Å². The van der Waals surface area contributed by atoms with Gasteiger partial charge in [0, 0.05) is 31.0 Å². The van der Waals surface area contributed by atoms with Gasteiger partial charge in [0.15, 0.2) is 0 Å². The van der Waals surface area contributed by atoms with E-state index >= 15 is 0 Å². The first-order chi connectivity index (χ1) is 9.70. The summed E-state index contributed by atoms with van der Waals surface area (Å²) in [4.78, 5) is 6.97. The molecular weight excluding hydrogens is 270 g/mol. The Morgan fingerprint density at radius 1 is 1.50 bits per heavy atom. The number of aryl methyl sites for hydroxylation is 1. The van der Waals surface area contributed by atoms with Crippen molar-refractivity contribution in [2.45, 2.75) is 19.6 Å². The summed E-state index contributed by atoms with van der Waals surface area (Å²) in [5.74, 6) is 0. The minimum Gasteiger partial charge on any atom is -0.399 e. The molecule has 0 bridgehead atoms. The van der Waals surface area contributed by atoms with Gasteiger partial charge in [-0.15, -0.1) is 0 Å². The number of ether oxygens (including phenoxy) is 1. The number of hydrogen-bond donors (Lipinski definition) is 1. The zero-order chi connectivity index (χ0) is 13.9. The lowest BCUT2D eigenvalue weighted by atomic mass is 10.1. The molecule has 4 nitrogen and oxygen atoms in total. The average molecular weight is 289 g/mol. The Morgan fingerprint density at radius 2 is 2.40 bits per heavy atom. The number of thiophene rings is 1. The summed E-state index contributed by atoms with van der Waals surface area (Å²) in [7, 11) is 0. The molecule has 0 amide bonds. The number of nitrogens with two attached hydrogens (primary N) is 1. The summed E-state index contributed by atoms with van der Waals surface area (Å²) >= 11 is 1.74. The lowest BCUT2D eigenvalue weighted by molar-refractivity contribution is -0.0349. The van der Waals surface area contributed by atoms with Crippen molar-refractivity contribution >= 4 is 17.0 Å². The highest BCUT2D eigenvalue weighted by molar-refractivity contribution is 7.07. The number of pyridine rings is 1. The first kappa shape index (κ1) is 13.5. The van der Waals surface area contributed by atoms with E-state index in [-0.39, 0.29) is 6.10 Å². The monoisotopic (exact) mass is 289 g/mol. The van der Waals surface area contributed by atoms with Gasteiger partial charge in [-0.3, -0.25) is 9.88 Å². The lowest BCUT2D eigenvalue weighted by Crippen LogP contribution is -2.38. The number of nitrogen functional groups attached to an aromatic ring is 1. The van der Waals surface area contributed by atoms with Crippen molar-refractivity contribution in [2.24, 2.45) is 0 Å². The summed E-state index contributed by atoms with van der Waals surface area (Å²) in [6.45, 7) is 5.51. The summed E-state index contributed by atoms with van der Waals surface area (Å²) in [6, 6.07) is 5.99. The second-order valence-corrected chi connectivity index (χ2v) is 5.97. The molecular formula is C15H19N3OS. The van der Waals surface area contributed by atoms with E-state index in [0.717, 1.165) is 43.3 Å². The van der Waals surface area contributed by atoms with Crippen LogP contribution in [0.15, 0.2) is 29.0 Å². The molecule has 0 aromatic carbocycles. The predicted molar refractivity (Wildman–Crippen MR) is 81.7 cm³/mol. The van der Waals surface area contributed by atoms with Crippen LogP contribution in [0.1, 0.15) is 23.1 Å². The van der Waals surface area contributed by atoms with Gasteiger partial charge in [0.05, 0.1) is 12.3 Å². The molecule has 1 aliphatic heterocycles. The lowest BCUT2D eigenvalue weighted by Gasteiger charge is -2.32. The molecule has 2 N–H and O–H groups in total. The number of rotatable bonds is 3. The molecule has 5 heteroatoms. The molecule has 1 saturated heterocycles. The Bertz CT molecular complexity index is 550. The molecule has 2 aromatic heterocycles. The molecule has 20 heavy (non-hydrogen) atoms. The van der Waals surface area contributed by atoms with Crippen LogP contribution in [0.2, 0.25) is 0 Å². The number of morpholine rings is 1. The van der Waals surface area contributed by atoms with E-state index in [2.05, 4.69) is 26.7 Å². The fourth-order valence-electron chi connectivity index (χ4n) is 2.55. The quantitative estimate of drug-likeness (QED) is 0.943. The topological polar surface area (TPSA) is 51.4 Å². The summed E-state index contributed by atoms with van der Waals surface area (Å²) in [5, 5.41) is 4.32. The maximum atomic E-state index is 5.90. The van der Waals surface area contributed by atoms with Crippen LogP contribution in [0.5, 0.6) is 0 Å². The van der Waals surface area contributed by atoms with Gasteiger partial charge in [-0.05, 0) is 41.4 Å². The maximum absolute atomic E-state index is 5.90. The number of hydrogen-bond acceptors (Lipinski definition) is 5. The molecule has 0 aliphatic carbocycles. The molecule has 0 radical (unpaired) electrons. The molecule has 0 saturated carbocycles. The van der Waals surface area contributed by atoms with Gasteiger partial charge in [0.25, 0.3) is 0 Å². The SMILES string of the molecule is Cc1cc(N)cc([C@@H]2CN(Cc3ccsc3)CCO2)n1. The molecule has 106 valence electrons. The second-order valence-electron chi connectivity index (χ2n) is 5.19. The van der Waals surface area contributed by atoms with Crippen LogP contribution in [-0.2, 0) is 11.3 Å². The van der Waals surface area contributed by atoms with Crippen molar-refractivity contribution < 1.29 is 4.74 Å². The van der Waals surface area contributed by atoms with Crippen molar-refractivity contribution in [2.75, 3.05) is 25.4 Å². The van der Waals surface area contributed by atoms with Crippen LogP contribution in [0.3, 0.4) is 0 Å². The van der Waals surface area contributed by atoms with E-state index in [9.17, 15) is 0 Å². The van der Waals surface area contributed by atoms with Gasteiger partial charge in [-0.2, -0.15) is 11.3 Å². The molecule has 0 spiro atoms. The Balaban J connectivity index is 1.71. The number of anilines is 1. The highest BCUT2D eigenvalue weighted by Crippen LogP contribution is 2.24. The fraction of sp³-hybridized carbons (Fsp3) is 0.400. The largest absolute Gasteiger partial charge is 0.399 e. The second kappa shape index (κ2) is 5.91. The Kier molecular flexibility index (Phi) is 4.00. The zero-order valence-electron chi connectivity index (χ0n) is 11.6. The van der Waals surface area contributed by atoms with Crippen LogP contribution in [0, 0.1) is 6.92 Å². The van der Waals surface area contributed by atoms with Crippen molar-refractivity contribution in [1.82, 2.24) is 9.88 Å². The van der Waals surface area contributed by atoms with Crippen LogP contribution in [-0.4, -0.2) is 29.6 Å². The average Bonchev–Trinajstić information content (AvgIpc) is 2.91. The molecule has 2 aromatic rings. The summed E-state index contributed by atoms with van der Waals surface area (Å²) in [5.41, 5.74) is 9.91. The first-order valence-electron chi connectivity index (χ1n) is 6.80. The van der Waals surface area contributed by atoms with Gasteiger partial charge in [0.2, 0.25) is 0 Å². The Labute approximate surface area is 123 Å². The molecule has 0 unspecified atom stereocenters. The predicted octanol–water partition coefficient (Wildman–Crippen LogP) is 2.61. The van der Waals surface area contributed by atoms with E-state index in [1.54, 1.807) is 11.3 Å². The van der Waals surface area contributed by atoms with Crippen LogP contribution in [0.4, 0.5) is 5.69 Å². The van der Waals surface area contributed by atoms with E-state index in [0.29, 0.717) is 0 Å². The van der Waals surface area contributed by atoms with Crippen LogP contribution >= 0.6 is 11.3 Å². The third-order valence-electron chi connectivity index (χ3n) is 3.46. The first-order valence-corrected chi connectivity index (χ1v) is 7.74. The summed E-state index contributed by atoms with van der Waals surface area (Å²) < 4.78 is 5.87. The molecule has 3 rings (SSSR count). The van der Waals surface area contributed by atoms with E-state index in [1.807, 2.05) is 19.1 Å². The molecule has 1 fully saturated rings. The molecule has 1 atom stereocenters. The van der Waals surface area contributed by atoms with Gasteiger partial charge in [0.1, 0.15) is 6.10 Å². The van der Waals surface area contributed by atoms with Crippen molar-refractivity contribution in [3.8, 4) is 0 Å². The van der Waals surface area contributed by atoms with Crippen molar-refractivity contribution in [1.29, 1.82) is 0 Å². The fourth-order valence-corrected chi connectivity index (χ4v) is 3.21. The van der Waals surface area contributed by atoms with Crippen molar-refractivity contribution in [3.05, 3.63) is 45.9 Å². The van der Waals surface area contributed by atoms with Gasteiger partial charge in [-0.1, -0.05) is 0 Å². The summed E-state index contributed by atoms with van der Waals surface area (Å²) in [6.07, 6.45) is 0.0181. The maximum Gasteiger partial charge on any atom is 0.112 e. The van der Waals surface area contributed by atoms with Crippen molar-refractivity contribution in [3.63, 3.8) is 0 Å². The van der Waals surface area contributed by atoms with E-state index < -0.39 is 0 Å². The Morgan fingerprint density at radius 3 is 3.15 bits per heavy atom. The van der Waals surface area contributed by atoms with Crippen LogP contribution < -0.4 is 5.73 Å². The normalized spacial score (nSPS) is 20.1. The number of aromatic nitrogens is 1. The third-order valence-corrected chi connectivity index (χ3v) is 4.19. The van der Waals surface area contributed by atoms with Gasteiger partial charge < -0.3 is 10.5 Å². The zero-order valence-corrected chi connectivity index (χ0v) is 12.4. The highest BCUT2D eigenvalue weighted by atomic mass is 32.1. The third kappa shape index (κ3) is 3.17. The molecule has 3 heterocycles. The minimum absolute atomic E-state index is 0.0181. The Hall–Kier alpha value is -1.43. The standard InChI is InChI=1S/C15H19N3OS/c1-11-6-13(16)7-14(17-11)15-9-18(3-4-19-15)8-12-2-5-20-10-12/h2,5-7,10,15H,3-4,8-9H2,1H3,(H2,16,17)/t15-/m0/s1. The van der Waals surface area contributed by atoms with Crippen LogP contribution in [0.25, 0.3) is 0 Å². The highest BCUT2D eigenvalue weighted by Gasteiger charge is 2.23.